The maximum absolute atomic E-state index is 13.3. The lowest BCUT2D eigenvalue weighted by Crippen LogP contribution is -2.74. The van der Waals surface area contributed by atoms with Crippen LogP contribution in [-0.4, -0.2) is 57.0 Å². The van der Waals surface area contributed by atoms with Gasteiger partial charge in [0.1, 0.15) is 17.9 Å². The van der Waals surface area contributed by atoms with Gasteiger partial charge in [-0.2, -0.15) is 10.4 Å². The summed E-state index contributed by atoms with van der Waals surface area (Å²) in [5.74, 6) is 0.437. The number of nitrogens with zero attached hydrogens (tertiary/aromatic N) is 4. The Balaban J connectivity index is 1.22. The van der Waals surface area contributed by atoms with Crippen molar-refractivity contribution in [3.8, 4) is 23.1 Å². The van der Waals surface area contributed by atoms with Crippen LogP contribution in [0.3, 0.4) is 0 Å². The summed E-state index contributed by atoms with van der Waals surface area (Å²) in [6.45, 7) is 9.30. The van der Waals surface area contributed by atoms with Crippen LogP contribution in [0.15, 0.2) is 54.7 Å². The number of carbonyl (C=O) groups excluding carboxylic acids is 1. The second-order valence-corrected chi connectivity index (χ2v) is 12.5. The van der Waals surface area contributed by atoms with Crippen LogP contribution in [0.1, 0.15) is 62.5 Å². The zero-order chi connectivity index (χ0) is 29.5. The summed E-state index contributed by atoms with van der Waals surface area (Å²) in [5.41, 5.74) is 1.96. The van der Waals surface area contributed by atoms with Crippen molar-refractivity contribution in [1.82, 2.24) is 20.0 Å². The predicted molar refractivity (Wildman–Crippen MR) is 155 cm³/mol. The fourth-order valence-corrected chi connectivity index (χ4v) is 6.83. The fraction of sp³-hybridized carbons (Fsp3) is 0.419. The van der Waals surface area contributed by atoms with E-state index in [2.05, 4.69) is 39.1 Å². The van der Waals surface area contributed by atoms with Gasteiger partial charge in [0.2, 0.25) is 0 Å². The Morgan fingerprint density at radius 2 is 1.73 bits per heavy atom. The van der Waals surface area contributed by atoms with Gasteiger partial charge in [-0.25, -0.2) is 4.79 Å². The molecule has 1 aromatic heterocycles. The zero-order valence-corrected chi connectivity index (χ0v) is 24.4. The molecule has 0 unspecified atom stereocenters. The maximum Gasteiger partial charge on any atom is 0.407 e. The molecule has 2 amide bonds. The van der Waals surface area contributed by atoms with Crippen LogP contribution in [0.2, 0.25) is 5.02 Å². The van der Waals surface area contributed by atoms with Crippen molar-refractivity contribution in [2.24, 2.45) is 10.8 Å². The van der Waals surface area contributed by atoms with Crippen molar-refractivity contribution in [2.45, 2.75) is 58.7 Å². The van der Waals surface area contributed by atoms with E-state index in [1.807, 2.05) is 29.1 Å². The number of carboxylic acid groups (broad SMARTS) is 1. The lowest BCUT2D eigenvalue weighted by atomic mass is 9.49. The summed E-state index contributed by atoms with van der Waals surface area (Å²) in [7, 11) is 0. The van der Waals surface area contributed by atoms with E-state index in [4.69, 9.17) is 26.7 Å². The highest BCUT2D eigenvalue weighted by Crippen LogP contribution is 2.55. The summed E-state index contributed by atoms with van der Waals surface area (Å²) in [4.78, 5) is 25.9. The minimum Gasteiger partial charge on any atom is -0.489 e. The first kappa shape index (κ1) is 28.5. The first-order valence-corrected chi connectivity index (χ1v) is 14.1. The smallest absolute Gasteiger partial charge is 0.407 e. The van der Waals surface area contributed by atoms with Gasteiger partial charge in [0.15, 0.2) is 0 Å². The minimum absolute atomic E-state index is 0.135. The molecule has 1 aliphatic heterocycles. The van der Waals surface area contributed by atoms with Gasteiger partial charge in [0, 0.05) is 53.4 Å². The van der Waals surface area contributed by atoms with Gasteiger partial charge in [-0.05, 0) is 43.2 Å². The van der Waals surface area contributed by atoms with Crippen LogP contribution in [0.4, 0.5) is 4.79 Å². The van der Waals surface area contributed by atoms with E-state index < -0.39 is 6.09 Å². The molecule has 214 valence electrons. The van der Waals surface area contributed by atoms with Crippen molar-refractivity contribution in [3.05, 3.63) is 70.9 Å². The molecule has 2 fully saturated rings. The average molecular weight is 576 g/mol. The van der Waals surface area contributed by atoms with Crippen LogP contribution >= 0.6 is 11.6 Å². The highest BCUT2D eigenvalue weighted by atomic mass is 35.5. The number of benzene rings is 2. The topological polar surface area (TPSA) is 120 Å². The molecule has 0 spiro atoms. The second kappa shape index (κ2) is 10.7. The highest BCUT2D eigenvalue weighted by molar-refractivity contribution is 6.31. The predicted octanol–water partition coefficient (Wildman–Crippen LogP) is 6.00. The molecule has 5 rings (SSSR count). The molecule has 0 atom stereocenters. The molecular formula is C31H34ClN5O4. The van der Waals surface area contributed by atoms with E-state index in [-0.39, 0.29) is 34.9 Å². The van der Waals surface area contributed by atoms with Crippen LogP contribution < -0.4 is 10.1 Å². The van der Waals surface area contributed by atoms with Gasteiger partial charge in [-0.1, -0.05) is 51.4 Å². The molecule has 3 aromatic rings. The third kappa shape index (κ3) is 5.36. The van der Waals surface area contributed by atoms with E-state index in [0.29, 0.717) is 35.0 Å². The number of halogens is 1. The number of hydrogen-bond donors (Lipinski definition) is 2. The molecule has 0 radical (unpaired) electrons. The number of amides is 2. The van der Waals surface area contributed by atoms with Gasteiger partial charge >= 0.3 is 6.09 Å². The third-order valence-electron chi connectivity index (χ3n) is 8.59. The van der Waals surface area contributed by atoms with Crippen molar-refractivity contribution in [3.63, 3.8) is 0 Å². The number of nitrogens with one attached hydrogen (secondary N) is 1. The number of ether oxygens (including phenoxy) is 1. The molecule has 9 nitrogen and oxygen atoms in total. The molecule has 10 heteroatoms. The number of aromatic nitrogens is 2. The number of piperidine rings is 1. The van der Waals surface area contributed by atoms with Crippen LogP contribution in [0.5, 0.6) is 5.75 Å². The fourth-order valence-electron chi connectivity index (χ4n) is 6.62. The highest BCUT2D eigenvalue weighted by Gasteiger charge is 2.64. The van der Waals surface area contributed by atoms with Crippen molar-refractivity contribution >= 4 is 23.6 Å². The molecule has 1 aliphatic carbocycles. The monoisotopic (exact) mass is 575 g/mol. The standard InChI is InChI=1S/C31H34ClN5O4/c1-30(2)27(31(3,4)28(30)41-23-10-9-21(18-33)24(32)17-23)34-26(38)20-7-5-19(6-8-20)25-13-16-37(35-25)22-11-14-36(15-12-22)29(39)40/h5-10,13,16-17,22,27-28H,11-12,14-15H2,1-4H3,(H,34,38)(H,39,40). The molecule has 2 aliphatic rings. The SMILES string of the molecule is CC1(C)C(NC(=O)c2ccc(-c3ccn(C4CCN(C(=O)O)CC4)n3)cc2)C(C)(C)C1Oc1ccc(C#N)c(Cl)c1. The summed E-state index contributed by atoms with van der Waals surface area (Å²) >= 11 is 6.20. The van der Waals surface area contributed by atoms with Gasteiger partial charge in [0.05, 0.1) is 22.3 Å². The third-order valence-corrected chi connectivity index (χ3v) is 8.90. The molecule has 2 N–H and O–H groups in total. The van der Waals surface area contributed by atoms with E-state index in [0.717, 1.165) is 24.1 Å². The van der Waals surface area contributed by atoms with Crippen LogP contribution in [0.25, 0.3) is 11.3 Å². The summed E-state index contributed by atoms with van der Waals surface area (Å²) < 4.78 is 8.24. The van der Waals surface area contributed by atoms with Crippen LogP contribution in [-0.2, 0) is 0 Å². The summed E-state index contributed by atoms with van der Waals surface area (Å²) in [5, 5.41) is 26.6. The maximum atomic E-state index is 13.3. The lowest BCUT2D eigenvalue weighted by molar-refractivity contribution is -0.164. The lowest BCUT2D eigenvalue weighted by Gasteiger charge is -2.63. The molecule has 41 heavy (non-hydrogen) atoms. The number of carbonyl (C=O) groups is 2. The van der Waals surface area contributed by atoms with Crippen molar-refractivity contribution in [2.75, 3.05) is 13.1 Å². The molecule has 0 bridgehead atoms. The summed E-state index contributed by atoms with van der Waals surface area (Å²) in [6.07, 6.45) is 2.33. The average Bonchev–Trinajstić information content (AvgIpc) is 3.45. The van der Waals surface area contributed by atoms with Gasteiger partial charge < -0.3 is 20.1 Å². The summed E-state index contributed by atoms with van der Waals surface area (Å²) in [6, 6.07) is 16.5. The van der Waals surface area contributed by atoms with E-state index in [1.165, 1.54) is 4.90 Å². The molecular weight excluding hydrogens is 542 g/mol. The van der Waals surface area contributed by atoms with E-state index in [1.54, 1.807) is 30.3 Å². The Morgan fingerprint density at radius 3 is 2.32 bits per heavy atom. The molecule has 1 saturated carbocycles. The Bertz CT molecular complexity index is 1480. The second-order valence-electron chi connectivity index (χ2n) is 12.1. The largest absolute Gasteiger partial charge is 0.489 e. The van der Waals surface area contributed by atoms with Crippen molar-refractivity contribution in [1.29, 1.82) is 5.26 Å². The van der Waals surface area contributed by atoms with Gasteiger partial charge in [-0.15, -0.1) is 0 Å². The number of likely N-dealkylation sites (tertiary alicyclic amines) is 1. The molecule has 1 saturated heterocycles. The van der Waals surface area contributed by atoms with Gasteiger partial charge in [-0.3, -0.25) is 9.48 Å². The first-order chi connectivity index (χ1) is 19.4. The van der Waals surface area contributed by atoms with E-state index >= 15 is 0 Å². The van der Waals surface area contributed by atoms with Crippen LogP contribution in [0, 0.1) is 22.2 Å². The number of nitriles is 1. The number of rotatable bonds is 6. The van der Waals surface area contributed by atoms with Gasteiger partial charge in [0.25, 0.3) is 5.91 Å². The molecule has 2 heterocycles. The first-order valence-electron chi connectivity index (χ1n) is 13.7. The van der Waals surface area contributed by atoms with Crippen molar-refractivity contribution < 1.29 is 19.4 Å². The number of hydrogen-bond acceptors (Lipinski definition) is 5. The zero-order valence-electron chi connectivity index (χ0n) is 23.6. The normalized spacial score (nSPS) is 21.4. The quantitative estimate of drug-likeness (QED) is 0.372. The van der Waals surface area contributed by atoms with E-state index in [9.17, 15) is 14.7 Å². The minimum atomic E-state index is -0.875. The Morgan fingerprint density at radius 1 is 1.07 bits per heavy atom. The molecule has 2 aromatic carbocycles. The Labute approximate surface area is 244 Å². The Kier molecular flexibility index (Phi) is 7.47. The Hall–Kier alpha value is -4.03.